The summed E-state index contributed by atoms with van der Waals surface area (Å²) >= 11 is 0. The predicted octanol–water partition coefficient (Wildman–Crippen LogP) is 3.35. The molecule has 0 spiro atoms. The molecular formula is C23H34N4O. The molecule has 2 aliphatic rings. The van der Waals surface area contributed by atoms with Gasteiger partial charge in [0.2, 0.25) is 5.91 Å². The Labute approximate surface area is 169 Å². The zero-order chi connectivity index (χ0) is 19.8. The van der Waals surface area contributed by atoms with Crippen molar-refractivity contribution in [1.82, 2.24) is 10.2 Å². The lowest BCUT2D eigenvalue weighted by Gasteiger charge is -2.37. The van der Waals surface area contributed by atoms with Gasteiger partial charge in [-0.2, -0.15) is 5.26 Å². The zero-order valence-electron chi connectivity index (χ0n) is 17.2. The van der Waals surface area contributed by atoms with Crippen LogP contribution in [0.5, 0.6) is 0 Å². The molecule has 0 atom stereocenters. The van der Waals surface area contributed by atoms with Gasteiger partial charge in [-0.3, -0.25) is 9.69 Å². The van der Waals surface area contributed by atoms with Crippen LogP contribution in [-0.4, -0.2) is 49.6 Å². The largest absolute Gasteiger partial charge is 0.369 e. The number of carbonyl (C=O) groups excluding carboxylic acids is 1. The number of anilines is 1. The van der Waals surface area contributed by atoms with E-state index in [4.69, 9.17) is 5.26 Å². The van der Waals surface area contributed by atoms with Gasteiger partial charge in [0.25, 0.3) is 0 Å². The van der Waals surface area contributed by atoms with Crippen molar-refractivity contribution < 1.29 is 4.79 Å². The smallest absolute Gasteiger partial charge is 0.234 e. The predicted molar refractivity (Wildman–Crippen MR) is 113 cm³/mol. The summed E-state index contributed by atoms with van der Waals surface area (Å²) in [6.45, 7) is 7.92. The first kappa shape index (κ1) is 20.7. The normalized spacial score (nSPS) is 23.2. The van der Waals surface area contributed by atoms with Crippen molar-refractivity contribution in [3.63, 3.8) is 0 Å². The molecule has 1 amide bonds. The number of nitrogens with zero attached hydrogens (tertiary/aromatic N) is 3. The standard InChI is InChI=1S/C23H34N4O/c1-2-19-5-9-22(10-6-19)27-17-15-26(16-18-27)14-12-20-3-7-21(8-4-20)25-23(28)11-13-24/h5-6,9-10,20-21H,2-4,7-8,11-12,14-18H2,1H3,(H,25,28)/t20-,21-. The van der Waals surface area contributed by atoms with Crippen LogP contribution in [0, 0.1) is 17.2 Å². The molecule has 0 unspecified atom stereocenters. The van der Waals surface area contributed by atoms with Crippen LogP contribution >= 0.6 is 0 Å². The first-order valence-electron chi connectivity index (χ1n) is 10.9. The van der Waals surface area contributed by atoms with Crippen molar-refractivity contribution in [2.45, 2.75) is 57.9 Å². The molecule has 28 heavy (non-hydrogen) atoms. The number of rotatable bonds is 7. The first-order valence-corrected chi connectivity index (χ1v) is 10.9. The maximum Gasteiger partial charge on any atom is 0.234 e. The van der Waals surface area contributed by atoms with Gasteiger partial charge < -0.3 is 10.2 Å². The first-order chi connectivity index (χ1) is 13.7. The molecule has 3 rings (SSSR count). The van der Waals surface area contributed by atoms with Crippen LogP contribution < -0.4 is 10.2 Å². The van der Waals surface area contributed by atoms with Crippen LogP contribution in [0.25, 0.3) is 0 Å². The summed E-state index contributed by atoms with van der Waals surface area (Å²) in [5, 5.41) is 11.6. The van der Waals surface area contributed by atoms with Crippen LogP contribution in [0.4, 0.5) is 5.69 Å². The SMILES string of the molecule is CCc1ccc(N2CCN(CC[C@H]3CC[C@H](NC(=O)CC#N)CC3)CC2)cc1. The Kier molecular flexibility index (Phi) is 7.73. The van der Waals surface area contributed by atoms with E-state index < -0.39 is 0 Å². The van der Waals surface area contributed by atoms with E-state index in [-0.39, 0.29) is 18.4 Å². The molecule has 0 aromatic heterocycles. The Morgan fingerprint density at radius 2 is 1.79 bits per heavy atom. The van der Waals surface area contributed by atoms with Crippen molar-refractivity contribution >= 4 is 11.6 Å². The Morgan fingerprint density at radius 3 is 2.39 bits per heavy atom. The number of piperazine rings is 1. The molecule has 0 bridgehead atoms. The summed E-state index contributed by atoms with van der Waals surface area (Å²) in [5.74, 6) is 0.664. The molecule has 1 aliphatic carbocycles. The summed E-state index contributed by atoms with van der Waals surface area (Å²) in [6, 6.07) is 11.2. The third-order valence-corrected chi connectivity index (χ3v) is 6.39. The minimum Gasteiger partial charge on any atom is -0.369 e. The fourth-order valence-corrected chi connectivity index (χ4v) is 4.48. The van der Waals surface area contributed by atoms with E-state index in [2.05, 4.69) is 46.3 Å². The second-order valence-electron chi connectivity index (χ2n) is 8.26. The Balaban J connectivity index is 1.32. The minimum atomic E-state index is -0.117. The van der Waals surface area contributed by atoms with Crippen molar-refractivity contribution in [3.8, 4) is 6.07 Å². The molecule has 0 radical (unpaired) electrons. The zero-order valence-corrected chi connectivity index (χ0v) is 17.2. The van der Waals surface area contributed by atoms with Gasteiger partial charge in [0.15, 0.2) is 0 Å². The summed E-state index contributed by atoms with van der Waals surface area (Å²) in [7, 11) is 0. The molecule has 1 N–H and O–H groups in total. The van der Waals surface area contributed by atoms with Crippen LogP contribution in [0.2, 0.25) is 0 Å². The lowest BCUT2D eigenvalue weighted by atomic mass is 9.84. The fourth-order valence-electron chi connectivity index (χ4n) is 4.48. The number of benzene rings is 1. The highest BCUT2D eigenvalue weighted by Gasteiger charge is 2.24. The highest BCUT2D eigenvalue weighted by atomic mass is 16.1. The number of carbonyl (C=O) groups is 1. The van der Waals surface area contributed by atoms with Crippen LogP contribution in [-0.2, 0) is 11.2 Å². The summed E-state index contributed by atoms with van der Waals surface area (Å²) in [6.07, 6.45) is 6.86. The van der Waals surface area contributed by atoms with Gasteiger partial charge in [-0.25, -0.2) is 0 Å². The van der Waals surface area contributed by atoms with Gasteiger partial charge in [0.05, 0.1) is 6.07 Å². The van der Waals surface area contributed by atoms with Crippen LogP contribution in [0.15, 0.2) is 24.3 Å². The van der Waals surface area contributed by atoms with E-state index in [0.29, 0.717) is 0 Å². The number of nitrogens with one attached hydrogen (secondary N) is 1. The molecule has 1 aliphatic heterocycles. The average molecular weight is 383 g/mol. The van der Waals surface area contributed by atoms with Gasteiger partial charge in [0.1, 0.15) is 6.42 Å². The molecule has 1 aromatic carbocycles. The topological polar surface area (TPSA) is 59.4 Å². The van der Waals surface area contributed by atoms with E-state index >= 15 is 0 Å². The quantitative estimate of drug-likeness (QED) is 0.786. The molecular weight excluding hydrogens is 348 g/mol. The van der Waals surface area contributed by atoms with E-state index in [1.807, 2.05) is 6.07 Å². The second kappa shape index (κ2) is 10.5. The molecule has 1 aromatic rings. The van der Waals surface area contributed by atoms with Crippen molar-refractivity contribution in [2.75, 3.05) is 37.6 Å². The van der Waals surface area contributed by atoms with Gasteiger partial charge in [0, 0.05) is 37.9 Å². The summed E-state index contributed by atoms with van der Waals surface area (Å²) in [4.78, 5) is 16.7. The van der Waals surface area contributed by atoms with E-state index in [9.17, 15) is 4.79 Å². The van der Waals surface area contributed by atoms with Gasteiger partial charge in [-0.1, -0.05) is 19.1 Å². The third kappa shape index (κ3) is 5.97. The lowest BCUT2D eigenvalue weighted by molar-refractivity contribution is -0.121. The lowest BCUT2D eigenvalue weighted by Crippen LogP contribution is -2.47. The highest BCUT2D eigenvalue weighted by molar-refractivity contribution is 5.78. The maximum absolute atomic E-state index is 11.5. The third-order valence-electron chi connectivity index (χ3n) is 6.39. The number of amides is 1. The molecule has 5 heteroatoms. The Hall–Kier alpha value is -2.06. The Morgan fingerprint density at radius 1 is 1.11 bits per heavy atom. The number of nitriles is 1. The average Bonchev–Trinajstić information content (AvgIpc) is 2.74. The van der Waals surface area contributed by atoms with Crippen molar-refractivity contribution in [2.24, 2.45) is 5.92 Å². The summed E-state index contributed by atoms with van der Waals surface area (Å²) in [5.41, 5.74) is 2.76. The molecule has 5 nitrogen and oxygen atoms in total. The Bertz CT molecular complexity index is 650. The molecule has 1 heterocycles. The number of hydrogen-bond donors (Lipinski definition) is 1. The number of hydrogen-bond acceptors (Lipinski definition) is 4. The van der Waals surface area contributed by atoms with Crippen molar-refractivity contribution in [3.05, 3.63) is 29.8 Å². The summed E-state index contributed by atoms with van der Waals surface area (Å²) < 4.78 is 0. The highest BCUT2D eigenvalue weighted by Crippen LogP contribution is 2.27. The van der Waals surface area contributed by atoms with Gasteiger partial charge in [-0.05, 0) is 68.7 Å². The van der Waals surface area contributed by atoms with Crippen LogP contribution in [0.1, 0.15) is 51.0 Å². The molecule has 1 saturated carbocycles. The fraction of sp³-hybridized carbons (Fsp3) is 0.652. The van der Waals surface area contributed by atoms with E-state index in [0.717, 1.165) is 51.4 Å². The molecule has 152 valence electrons. The number of aryl methyl sites for hydroxylation is 1. The monoisotopic (exact) mass is 382 g/mol. The van der Waals surface area contributed by atoms with Gasteiger partial charge >= 0.3 is 0 Å². The van der Waals surface area contributed by atoms with Crippen molar-refractivity contribution in [1.29, 1.82) is 5.26 Å². The van der Waals surface area contributed by atoms with Gasteiger partial charge in [-0.15, -0.1) is 0 Å². The second-order valence-corrected chi connectivity index (χ2v) is 8.26. The van der Waals surface area contributed by atoms with Crippen LogP contribution in [0.3, 0.4) is 0 Å². The maximum atomic E-state index is 11.5. The molecule has 2 fully saturated rings. The minimum absolute atomic E-state index is 0.0192. The van der Waals surface area contributed by atoms with E-state index in [1.165, 1.54) is 37.1 Å². The molecule has 1 saturated heterocycles. The van der Waals surface area contributed by atoms with E-state index in [1.54, 1.807) is 0 Å².